The second-order valence-corrected chi connectivity index (χ2v) is 5.04. The maximum Gasteiger partial charge on any atom is 0.122 e. The van der Waals surface area contributed by atoms with E-state index in [1.807, 2.05) is 13.0 Å². The molecule has 0 spiro atoms. The van der Waals surface area contributed by atoms with Crippen LogP contribution in [0.15, 0.2) is 18.2 Å². The topological polar surface area (TPSA) is 44.5 Å². The van der Waals surface area contributed by atoms with Crippen LogP contribution in [0.1, 0.15) is 44.4 Å². The third kappa shape index (κ3) is 2.38. The van der Waals surface area contributed by atoms with Gasteiger partial charge in [-0.25, -0.2) is 0 Å². The molecule has 1 heterocycles. The molecule has 100 valence electrons. The molecule has 0 aliphatic carbocycles. The molecule has 2 unspecified atom stereocenters. The highest BCUT2D eigenvalue weighted by atomic mass is 16.5. The van der Waals surface area contributed by atoms with Crippen LogP contribution in [-0.4, -0.2) is 18.8 Å². The van der Waals surface area contributed by atoms with Crippen molar-refractivity contribution in [3.63, 3.8) is 0 Å². The summed E-state index contributed by atoms with van der Waals surface area (Å²) in [4.78, 5) is 0. The lowest BCUT2D eigenvalue weighted by Crippen LogP contribution is -2.40. The van der Waals surface area contributed by atoms with Crippen molar-refractivity contribution in [2.45, 2.75) is 45.3 Å². The molecule has 1 aromatic rings. The molecule has 0 aromatic heterocycles. The number of hydrogen-bond acceptors (Lipinski definition) is 3. The average molecular weight is 249 g/mol. The van der Waals surface area contributed by atoms with Gasteiger partial charge in [0.2, 0.25) is 0 Å². The molecule has 0 saturated heterocycles. The summed E-state index contributed by atoms with van der Waals surface area (Å²) in [6.07, 6.45) is 1.88. The summed E-state index contributed by atoms with van der Waals surface area (Å²) in [7, 11) is 0. The Bertz CT molecular complexity index is 419. The molecule has 1 aromatic carbocycles. The first kappa shape index (κ1) is 13.4. The third-order valence-electron chi connectivity index (χ3n) is 3.91. The van der Waals surface area contributed by atoms with Crippen molar-refractivity contribution in [3.05, 3.63) is 29.3 Å². The van der Waals surface area contributed by atoms with Crippen LogP contribution in [0.4, 0.5) is 0 Å². The van der Waals surface area contributed by atoms with E-state index >= 15 is 0 Å². The molecule has 0 fully saturated rings. The summed E-state index contributed by atoms with van der Waals surface area (Å²) in [5, 5.41) is 0. The van der Waals surface area contributed by atoms with Crippen molar-refractivity contribution < 1.29 is 9.47 Å². The minimum Gasteiger partial charge on any atom is -0.493 e. The zero-order valence-corrected chi connectivity index (χ0v) is 11.5. The van der Waals surface area contributed by atoms with Gasteiger partial charge in [0.25, 0.3) is 0 Å². The standard InChI is InChI=1S/C15H23NO2/c1-4-15(3,18-5-2)14(16)12-6-7-13-11(10-12)8-9-17-13/h6-7,10,14H,4-5,8-9,16H2,1-3H3. The van der Waals surface area contributed by atoms with Gasteiger partial charge in [0, 0.05) is 13.0 Å². The normalized spacial score (nSPS) is 18.9. The molecule has 0 saturated carbocycles. The first-order valence-electron chi connectivity index (χ1n) is 6.76. The van der Waals surface area contributed by atoms with Crippen LogP contribution in [0.2, 0.25) is 0 Å². The van der Waals surface area contributed by atoms with Gasteiger partial charge in [-0.3, -0.25) is 0 Å². The van der Waals surface area contributed by atoms with E-state index in [0.29, 0.717) is 6.61 Å². The monoisotopic (exact) mass is 249 g/mol. The zero-order valence-electron chi connectivity index (χ0n) is 11.5. The van der Waals surface area contributed by atoms with Crippen LogP contribution in [-0.2, 0) is 11.2 Å². The summed E-state index contributed by atoms with van der Waals surface area (Å²) < 4.78 is 11.4. The van der Waals surface area contributed by atoms with E-state index in [9.17, 15) is 0 Å². The minimum atomic E-state index is -0.303. The van der Waals surface area contributed by atoms with Gasteiger partial charge >= 0.3 is 0 Å². The van der Waals surface area contributed by atoms with Crippen LogP contribution in [0, 0.1) is 0 Å². The Kier molecular flexibility index (Phi) is 3.93. The number of rotatable bonds is 5. The maximum absolute atomic E-state index is 6.40. The molecule has 3 heteroatoms. The van der Waals surface area contributed by atoms with Crippen molar-refractivity contribution in [2.75, 3.05) is 13.2 Å². The number of ether oxygens (including phenoxy) is 2. The molecular formula is C15H23NO2. The van der Waals surface area contributed by atoms with Crippen molar-refractivity contribution in [3.8, 4) is 5.75 Å². The van der Waals surface area contributed by atoms with Gasteiger partial charge in [0.05, 0.1) is 18.2 Å². The summed E-state index contributed by atoms with van der Waals surface area (Å²) in [5.74, 6) is 1.00. The van der Waals surface area contributed by atoms with Gasteiger partial charge in [-0.1, -0.05) is 19.1 Å². The lowest BCUT2D eigenvalue weighted by molar-refractivity contribution is -0.0472. The summed E-state index contributed by atoms with van der Waals surface area (Å²) in [5.41, 5.74) is 8.49. The number of nitrogens with two attached hydrogens (primary N) is 1. The Morgan fingerprint density at radius 2 is 2.22 bits per heavy atom. The average Bonchev–Trinajstić information content (AvgIpc) is 2.85. The van der Waals surface area contributed by atoms with Crippen molar-refractivity contribution in [1.29, 1.82) is 0 Å². The second kappa shape index (κ2) is 5.29. The molecule has 18 heavy (non-hydrogen) atoms. The molecule has 0 bridgehead atoms. The van der Waals surface area contributed by atoms with Crippen molar-refractivity contribution in [1.82, 2.24) is 0 Å². The summed E-state index contributed by atoms with van der Waals surface area (Å²) >= 11 is 0. The largest absolute Gasteiger partial charge is 0.493 e. The van der Waals surface area contributed by atoms with E-state index in [2.05, 4.69) is 26.0 Å². The van der Waals surface area contributed by atoms with Gasteiger partial charge in [-0.2, -0.15) is 0 Å². The fourth-order valence-electron chi connectivity index (χ4n) is 2.49. The fraction of sp³-hybridized carbons (Fsp3) is 0.600. The van der Waals surface area contributed by atoms with Crippen molar-refractivity contribution >= 4 is 0 Å². The fourth-order valence-corrected chi connectivity index (χ4v) is 2.49. The van der Waals surface area contributed by atoms with Gasteiger partial charge < -0.3 is 15.2 Å². The van der Waals surface area contributed by atoms with E-state index in [0.717, 1.165) is 30.8 Å². The van der Waals surface area contributed by atoms with E-state index in [1.165, 1.54) is 5.56 Å². The molecule has 0 amide bonds. The van der Waals surface area contributed by atoms with Crippen LogP contribution < -0.4 is 10.5 Å². The molecular weight excluding hydrogens is 226 g/mol. The molecule has 0 radical (unpaired) electrons. The summed E-state index contributed by atoms with van der Waals surface area (Å²) in [6, 6.07) is 6.15. The van der Waals surface area contributed by atoms with Gasteiger partial charge in [0.15, 0.2) is 0 Å². The molecule has 2 N–H and O–H groups in total. The quantitative estimate of drug-likeness (QED) is 0.872. The highest BCUT2D eigenvalue weighted by Crippen LogP contribution is 2.34. The third-order valence-corrected chi connectivity index (χ3v) is 3.91. The Morgan fingerprint density at radius 1 is 1.44 bits per heavy atom. The van der Waals surface area contributed by atoms with E-state index in [1.54, 1.807) is 0 Å². The first-order chi connectivity index (χ1) is 8.60. The smallest absolute Gasteiger partial charge is 0.122 e. The number of fused-ring (bicyclic) bond motifs is 1. The van der Waals surface area contributed by atoms with Crippen LogP contribution >= 0.6 is 0 Å². The molecule has 1 aliphatic rings. The van der Waals surface area contributed by atoms with Crippen molar-refractivity contribution in [2.24, 2.45) is 5.73 Å². The highest BCUT2D eigenvalue weighted by molar-refractivity contribution is 5.41. The van der Waals surface area contributed by atoms with Gasteiger partial charge in [-0.15, -0.1) is 0 Å². The van der Waals surface area contributed by atoms with E-state index in [4.69, 9.17) is 15.2 Å². The zero-order chi connectivity index (χ0) is 13.2. The Morgan fingerprint density at radius 3 is 2.89 bits per heavy atom. The molecule has 1 aliphatic heterocycles. The summed E-state index contributed by atoms with van der Waals surface area (Å²) in [6.45, 7) is 7.69. The molecule has 2 atom stereocenters. The van der Waals surface area contributed by atoms with Crippen LogP contribution in [0.25, 0.3) is 0 Å². The maximum atomic E-state index is 6.40. The Balaban J connectivity index is 2.25. The SMILES string of the molecule is CCOC(C)(CC)C(N)c1ccc2c(c1)CCO2. The predicted octanol–water partition coefficient (Wildman–Crippen LogP) is 2.83. The molecule has 3 nitrogen and oxygen atoms in total. The molecule has 2 rings (SSSR count). The van der Waals surface area contributed by atoms with Gasteiger partial charge in [-0.05, 0) is 37.5 Å². The van der Waals surface area contributed by atoms with E-state index < -0.39 is 0 Å². The van der Waals surface area contributed by atoms with Crippen LogP contribution in [0.5, 0.6) is 5.75 Å². The lowest BCUT2D eigenvalue weighted by Gasteiger charge is -2.34. The minimum absolute atomic E-state index is 0.103. The lowest BCUT2D eigenvalue weighted by atomic mass is 9.87. The highest BCUT2D eigenvalue weighted by Gasteiger charge is 2.32. The van der Waals surface area contributed by atoms with E-state index in [-0.39, 0.29) is 11.6 Å². The Labute approximate surface area is 109 Å². The second-order valence-electron chi connectivity index (χ2n) is 5.04. The van der Waals surface area contributed by atoms with Gasteiger partial charge in [0.1, 0.15) is 5.75 Å². The van der Waals surface area contributed by atoms with Crippen LogP contribution in [0.3, 0.4) is 0 Å². The predicted molar refractivity (Wildman–Crippen MR) is 72.9 cm³/mol. The first-order valence-corrected chi connectivity index (χ1v) is 6.76. The number of benzene rings is 1. The number of hydrogen-bond donors (Lipinski definition) is 1. The Hall–Kier alpha value is -1.06.